The molecule has 29 heavy (non-hydrogen) atoms. The lowest BCUT2D eigenvalue weighted by Gasteiger charge is -2.61. The van der Waals surface area contributed by atoms with Gasteiger partial charge in [-0.05, 0) is 129 Å². The molecule has 4 rings (SSSR count). The van der Waals surface area contributed by atoms with Gasteiger partial charge in [-0.15, -0.1) is 0 Å². The summed E-state index contributed by atoms with van der Waals surface area (Å²) in [5, 5.41) is 10.2. The first-order valence-corrected chi connectivity index (χ1v) is 14.9. The van der Waals surface area contributed by atoms with Crippen LogP contribution in [-0.2, 0) is 0 Å². The van der Waals surface area contributed by atoms with E-state index >= 15 is 0 Å². The van der Waals surface area contributed by atoms with E-state index in [0.29, 0.717) is 10.8 Å². The summed E-state index contributed by atoms with van der Waals surface area (Å²) in [5.41, 5.74) is 0.754. The van der Waals surface area contributed by atoms with Crippen LogP contribution in [-0.4, -0.2) is 15.6 Å². The van der Waals surface area contributed by atoms with Gasteiger partial charge in [0.2, 0.25) is 0 Å². The maximum absolute atomic E-state index is 10.2. The quantitative estimate of drug-likeness (QED) is 0.295. The average molecular weight is 517 g/mol. The van der Waals surface area contributed by atoms with E-state index in [4.69, 9.17) is 0 Å². The van der Waals surface area contributed by atoms with Gasteiger partial charge in [0.15, 0.2) is 0 Å². The zero-order valence-electron chi connectivity index (χ0n) is 20.3. The first-order valence-electron chi connectivity index (χ1n) is 12.8. The molecular formula is C27H49IO. The predicted octanol–water partition coefficient (Wildman–Crippen LogP) is 8.27. The number of hydrogen-bond donors (Lipinski definition) is 1. The fourth-order valence-electron chi connectivity index (χ4n) is 9.05. The van der Waals surface area contributed by atoms with E-state index < -0.39 is 5.60 Å². The molecule has 4 unspecified atom stereocenters. The summed E-state index contributed by atoms with van der Waals surface area (Å²) in [6.45, 7) is 11.8. The van der Waals surface area contributed by atoms with E-state index in [0.717, 1.165) is 41.9 Å². The Morgan fingerprint density at radius 1 is 0.897 bits per heavy atom. The molecule has 0 bridgehead atoms. The molecule has 0 aromatic rings. The summed E-state index contributed by atoms with van der Waals surface area (Å²) in [5.74, 6) is 5.74. The van der Waals surface area contributed by atoms with Crippen LogP contribution in [0.25, 0.3) is 0 Å². The highest BCUT2D eigenvalue weighted by molar-refractivity contribution is 14.1. The Hall–Kier alpha value is 0.690. The van der Waals surface area contributed by atoms with Crippen LogP contribution >= 0.6 is 22.6 Å². The molecule has 0 radical (unpaired) electrons. The Morgan fingerprint density at radius 2 is 1.59 bits per heavy atom. The molecule has 2 heteroatoms. The topological polar surface area (TPSA) is 20.2 Å². The third kappa shape index (κ3) is 4.60. The van der Waals surface area contributed by atoms with Crippen molar-refractivity contribution in [1.29, 1.82) is 0 Å². The van der Waals surface area contributed by atoms with Crippen molar-refractivity contribution in [2.45, 2.75) is 117 Å². The van der Waals surface area contributed by atoms with Crippen molar-refractivity contribution in [3.05, 3.63) is 0 Å². The van der Waals surface area contributed by atoms with E-state index in [1.165, 1.54) is 70.6 Å². The van der Waals surface area contributed by atoms with Crippen LogP contribution in [0.4, 0.5) is 0 Å². The molecule has 1 N–H and O–H groups in total. The monoisotopic (exact) mass is 516 g/mol. The number of alkyl halides is 1. The third-order valence-corrected chi connectivity index (χ3v) is 10.6. The van der Waals surface area contributed by atoms with Gasteiger partial charge in [0.25, 0.3) is 0 Å². The zero-order valence-corrected chi connectivity index (χ0v) is 22.4. The highest BCUT2D eigenvalue weighted by atomic mass is 127. The molecule has 8 atom stereocenters. The van der Waals surface area contributed by atoms with Gasteiger partial charge < -0.3 is 5.11 Å². The maximum Gasteiger partial charge on any atom is 0.0591 e. The molecule has 0 heterocycles. The number of fused-ring (bicyclic) bond motifs is 5. The fraction of sp³-hybridized carbons (Fsp3) is 1.00. The van der Waals surface area contributed by atoms with Gasteiger partial charge in [-0.3, -0.25) is 0 Å². The Labute approximate surface area is 195 Å². The molecule has 4 fully saturated rings. The molecule has 1 nitrogen and oxygen atoms in total. The average Bonchev–Trinajstić information content (AvgIpc) is 3.04. The molecule has 0 aliphatic heterocycles. The molecule has 0 spiro atoms. The molecule has 0 amide bonds. The number of rotatable bonds is 4. The van der Waals surface area contributed by atoms with E-state index in [-0.39, 0.29) is 0 Å². The van der Waals surface area contributed by atoms with Crippen molar-refractivity contribution in [3.63, 3.8) is 0 Å². The Balaban J connectivity index is 0.00000117. The predicted molar refractivity (Wildman–Crippen MR) is 134 cm³/mol. The summed E-state index contributed by atoms with van der Waals surface area (Å²) >= 11 is 2.15. The number of hydrogen-bond acceptors (Lipinski definition) is 1. The fourth-order valence-corrected chi connectivity index (χ4v) is 9.05. The van der Waals surface area contributed by atoms with Crippen LogP contribution in [0, 0.1) is 46.3 Å². The zero-order chi connectivity index (χ0) is 21.4. The Bertz CT molecular complexity index is 539. The molecule has 4 aliphatic rings. The summed E-state index contributed by atoms with van der Waals surface area (Å²) in [4.78, 5) is 1.97. The second-order valence-corrected chi connectivity index (χ2v) is 12.5. The summed E-state index contributed by atoms with van der Waals surface area (Å²) < 4.78 is 0. The van der Waals surface area contributed by atoms with Crippen molar-refractivity contribution < 1.29 is 5.11 Å². The minimum absolute atomic E-state index is 0.501. The highest BCUT2D eigenvalue weighted by Gasteiger charge is 2.60. The molecular weight excluding hydrogens is 467 g/mol. The summed E-state index contributed by atoms with van der Waals surface area (Å²) in [7, 11) is 0. The Morgan fingerprint density at radius 3 is 2.28 bits per heavy atom. The van der Waals surface area contributed by atoms with Gasteiger partial charge in [0.05, 0.1) is 5.60 Å². The molecule has 170 valence electrons. The minimum atomic E-state index is -0.501. The van der Waals surface area contributed by atoms with Crippen LogP contribution in [0.2, 0.25) is 0 Å². The lowest BCUT2D eigenvalue weighted by atomic mass is 9.44. The van der Waals surface area contributed by atoms with E-state index in [9.17, 15) is 5.11 Å². The first kappa shape index (κ1) is 24.3. The number of aliphatic hydroxyl groups is 1. The van der Waals surface area contributed by atoms with Crippen molar-refractivity contribution in [1.82, 2.24) is 0 Å². The highest BCUT2D eigenvalue weighted by Crippen LogP contribution is 2.68. The molecule has 0 aromatic carbocycles. The number of halogens is 1. The summed E-state index contributed by atoms with van der Waals surface area (Å²) in [6, 6.07) is 0. The van der Waals surface area contributed by atoms with Crippen LogP contribution in [0.3, 0.4) is 0 Å². The molecule has 0 aromatic heterocycles. The molecule has 4 saturated carbocycles. The van der Waals surface area contributed by atoms with E-state index in [1.807, 2.05) is 18.8 Å². The largest absolute Gasteiger partial charge is 0.390 e. The van der Waals surface area contributed by atoms with Crippen molar-refractivity contribution >= 4 is 22.6 Å². The maximum atomic E-state index is 10.2. The van der Waals surface area contributed by atoms with Gasteiger partial charge in [-0.2, -0.15) is 0 Å². The third-order valence-electron chi connectivity index (χ3n) is 10.6. The van der Waals surface area contributed by atoms with Crippen molar-refractivity contribution in [3.8, 4) is 0 Å². The SMILES string of the molecule is CI.C[C@H](CCC(C)(C)O)C1CCC2C3CC[C@@H]4CCCC[C@]4(C)C3CC[C@@]21C. The second-order valence-electron chi connectivity index (χ2n) is 12.5. The normalized spacial score (nSPS) is 45.3. The van der Waals surface area contributed by atoms with Crippen LogP contribution < -0.4 is 0 Å². The van der Waals surface area contributed by atoms with Crippen LogP contribution in [0.15, 0.2) is 0 Å². The lowest BCUT2D eigenvalue weighted by molar-refractivity contribution is -0.114. The molecule has 0 saturated heterocycles. The van der Waals surface area contributed by atoms with Crippen molar-refractivity contribution in [2.75, 3.05) is 4.93 Å². The van der Waals surface area contributed by atoms with Gasteiger partial charge in [0.1, 0.15) is 0 Å². The van der Waals surface area contributed by atoms with E-state index in [1.54, 1.807) is 0 Å². The standard InChI is InChI=1S/C26H46O.CH3I/c1-18(13-16-24(2,3)27)21-11-12-22-20-10-9-19-8-6-7-15-25(19,4)23(20)14-17-26(21,22)5;1-2/h18-23,27H,6-17H2,1-5H3;1H3/t18-,19+,20?,21?,22?,23?,25+,26-;/m1./s1. The Kier molecular flexibility index (Phi) is 7.79. The van der Waals surface area contributed by atoms with E-state index in [2.05, 4.69) is 43.4 Å². The first-order chi connectivity index (χ1) is 13.7. The van der Waals surface area contributed by atoms with Crippen molar-refractivity contribution in [2.24, 2.45) is 46.3 Å². The van der Waals surface area contributed by atoms with Gasteiger partial charge in [-0.1, -0.05) is 56.2 Å². The smallest absolute Gasteiger partial charge is 0.0591 e. The van der Waals surface area contributed by atoms with Gasteiger partial charge in [0, 0.05) is 0 Å². The van der Waals surface area contributed by atoms with Crippen LogP contribution in [0.5, 0.6) is 0 Å². The lowest BCUT2D eigenvalue weighted by Crippen LogP contribution is -2.53. The van der Waals surface area contributed by atoms with Gasteiger partial charge in [-0.25, -0.2) is 0 Å². The summed E-state index contributed by atoms with van der Waals surface area (Å²) in [6.07, 6.45) is 17.2. The van der Waals surface area contributed by atoms with Gasteiger partial charge >= 0.3 is 0 Å². The second kappa shape index (κ2) is 9.28. The van der Waals surface area contributed by atoms with Crippen LogP contribution in [0.1, 0.15) is 112 Å². The minimum Gasteiger partial charge on any atom is -0.390 e. The molecule has 4 aliphatic carbocycles.